The molecule has 27 heavy (non-hydrogen) atoms. The maximum atomic E-state index is 13.0. The zero-order valence-electron chi connectivity index (χ0n) is 15.5. The molecule has 1 aromatic heterocycles. The van der Waals surface area contributed by atoms with Crippen molar-refractivity contribution in [2.24, 2.45) is 0 Å². The summed E-state index contributed by atoms with van der Waals surface area (Å²) in [5, 5.41) is 3.00. The van der Waals surface area contributed by atoms with Crippen molar-refractivity contribution in [3.05, 3.63) is 47.0 Å². The summed E-state index contributed by atoms with van der Waals surface area (Å²) in [6.45, 7) is 5.29. The Hall–Kier alpha value is -2.41. The lowest BCUT2D eigenvalue weighted by atomic mass is 9.90. The van der Waals surface area contributed by atoms with Crippen LogP contribution in [-0.4, -0.2) is 59.3 Å². The number of amides is 2. The average molecular weight is 385 g/mol. The van der Waals surface area contributed by atoms with Crippen LogP contribution in [0.4, 0.5) is 5.13 Å². The van der Waals surface area contributed by atoms with Gasteiger partial charge in [0.25, 0.3) is 0 Å². The second-order valence-corrected chi connectivity index (χ2v) is 7.94. The number of benzene rings is 1. The van der Waals surface area contributed by atoms with Crippen LogP contribution in [0.2, 0.25) is 0 Å². The van der Waals surface area contributed by atoms with Crippen LogP contribution in [0.25, 0.3) is 0 Å². The molecule has 2 aliphatic rings. The van der Waals surface area contributed by atoms with E-state index in [-0.39, 0.29) is 17.9 Å². The number of anilines is 1. The van der Waals surface area contributed by atoms with Gasteiger partial charge in [0.05, 0.1) is 12.5 Å². The van der Waals surface area contributed by atoms with Gasteiger partial charge in [0.2, 0.25) is 11.8 Å². The van der Waals surface area contributed by atoms with Crippen molar-refractivity contribution in [3.8, 4) is 0 Å². The van der Waals surface area contributed by atoms with Gasteiger partial charge in [-0.25, -0.2) is 4.98 Å². The first-order chi connectivity index (χ1) is 13.1. The van der Waals surface area contributed by atoms with E-state index in [1.54, 1.807) is 18.3 Å². The standard InChI is InChI=1S/C20H24N4O2S/c1-15(25)24-8-6-16-4-2-3-5-17(16)18(24)14-19(26)22-9-11-23(12-10-22)20-21-7-13-27-20/h2-5,7,13,18H,6,8-12,14H2,1H3. The molecule has 0 radical (unpaired) electrons. The lowest BCUT2D eigenvalue weighted by Gasteiger charge is -2.39. The summed E-state index contributed by atoms with van der Waals surface area (Å²) in [7, 11) is 0. The van der Waals surface area contributed by atoms with Gasteiger partial charge in [0.15, 0.2) is 5.13 Å². The Morgan fingerprint density at radius 1 is 1.15 bits per heavy atom. The molecule has 0 saturated carbocycles. The van der Waals surface area contributed by atoms with Gasteiger partial charge in [-0.3, -0.25) is 9.59 Å². The van der Waals surface area contributed by atoms with Gasteiger partial charge in [0.1, 0.15) is 0 Å². The van der Waals surface area contributed by atoms with Crippen LogP contribution in [0, 0.1) is 0 Å². The van der Waals surface area contributed by atoms with Gasteiger partial charge < -0.3 is 14.7 Å². The van der Waals surface area contributed by atoms with Gasteiger partial charge >= 0.3 is 0 Å². The highest BCUT2D eigenvalue weighted by Gasteiger charge is 2.32. The van der Waals surface area contributed by atoms with Crippen LogP contribution in [0.5, 0.6) is 0 Å². The molecule has 0 aliphatic carbocycles. The average Bonchev–Trinajstić information content (AvgIpc) is 3.23. The molecule has 1 aromatic carbocycles. The fourth-order valence-corrected chi connectivity index (χ4v) is 4.76. The van der Waals surface area contributed by atoms with E-state index in [4.69, 9.17) is 0 Å². The van der Waals surface area contributed by atoms with E-state index in [0.29, 0.717) is 26.1 Å². The fraction of sp³-hybridized carbons (Fsp3) is 0.450. The van der Waals surface area contributed by atoms with Crippen molar-refractivity contribution in [1.82, 2.24) is 14.8 Å². The Morgan fingerprint density at radius 2 is 1.93 bits per heavy atom. The molecule has 1 fully saturated rings. The Bertz CT molecular complexity index is 815. The van der Waals surface area contributed by atoms with Gasteiger partial charge in [0, 0.05) is 51.2 Å². The summed E-state index contributed by atoms with van der Waals surface area (Å²) in [4.78, 5) is 35.5. The quantitative estimate of drug-likeness (QED) is 0.815. The molecule has 2 amide bonds. The Kier molecular flexibility index (Phi) is 5.11. The summed E-state index contributed by atoms with van der Waals surface area (Å²) >= 11 is 1.63. The third-order valence-corrected chi connectivity index (χ3v) is 6.34. The van der Waals surface area contributed by atoms with Crippen LogP contribution in [0.3, 0.4) is 0 Å². The summed E-state index contributed by atoms with van der Waals surface area (Å²) in [5.41, 5.74) is 2.37. The smallest absolute Gasteiger partial charge is 0.225 e. The molecule has 0 N–H and O–H groups in total. The number of hydrogen-bond donors (Lipinski definition) is 0. The van der Waals surface area contributed by atoms with E-state index in [2.05, 4.69) is 22.0 Å². The molecule has 1 unspecified atom stereocenters. The second kappa shape index (κ2) is 7.68. The van der Waals surface area contributed by atoms with Crippen molar-refractivity contribution in [2.75, 3.05) is 37.6 Å². The van der Waals surface area contributed by atoms with Gasteiger partial charge in [-0.1, -0.05) is 24.3 Å². The lowest BCUT2D eigenvalue weighted by molar-refractivity contribution is -0.136. The minimum atomic E-state index is -0.156. The molecule has 4 rings (SSSR count). The van der Waals surface area contributed by atoms with Crippen LogP contribution in [0.15, 0.2) is 35.8 Å². The number of aromatic nitrogens is 1. The van der Waals surface area contributed by atoms with Crippen molar-refractivity contribution >= 4 is 28.3 Å². The van der Waals surface area contributed by atoms with E-state index < -0.39 is 0 Å². The monoisotopic (exact) mass is 384 g/mol. The topological polar surface area (TPSA) is 56.8 Å². The number of carbonyl (C=O) groups excluding carboxylic acids is 2. The minimum absolute atomic E-state index is 0.0379. The number of rotatable bonds is 3. The zero-order chi connectivity index (χ0) is 18.8. The third-order valence-electron chi connectivity index (χ3n) is 5.51. The fourth-order valence-electron chi connectivity index (χ4n) is 4.06. The van der Waals surface area contributed by atoms with E-state index in [1.807, 2.05) is 33.5 Å². The molecular weight excluding hydrogens is 360 g/mol. The number of piperazine rings is 1. The summed E-state index contributed by atoms with van der Waals surface area (Å²) < 4.78 is 0. The summed E-state index contributed by atoms with van der Waals surface area (Å²) in [6.07, 6.45) is 3.02. The normalized spacial score (nSPS) is 19.7. The molecule has 6 nitrogen and oxygen atoms in total. The first kappa shape index (κ1) is 18.0. The van der Waals surface area contributed by atoms with Crippen molar-refractivity contribution < 1.29 is 9.59 Å². The molecule has 0 spiro atoms. The molecule has 142 valence electrons. The van der Waals surface area contributed by atoms with Crippen molar-refractivity contribution in [2.45, 2.75) is 25.8 Å². The lowest BCUT2D eigenvalue weighted by Crippen LogP contribution is -2.50. The van der Waals surface area contributed by atoms with E-state index in [0.717, 1.165) is 30.2 Å². The molecule has 1 atom stereocenters. The number of carbonyl (C=O) groups is 2. The van der Waals surface area contributed by atoms with Crippen LogP contribution in [0.1, 0.15) is 30.5 Å². The number of fused-ring (bicyclic) bond motifs is 1. The first-order valence-electron chi connectivity index (χ1n) is 9.40. The highest BCUT2D eigenvalue weighted by atomic mass is 32.1. The third kappa shape index (κ3) is 3.69. The molecule has 2 aromatic rings. The zero-order valence-corrected chi connectivity index (χ0v) is 16.3. The van der Waals surface area contributed by atoms with E-state index in [1.165, 1.54) is 5.56 Å². The second-order valence-electron chi connectivity index (χ2n) is 7.06. The first-order valence-corrected chi connectivity index (χ1v) is 10.3. The maximum absolute atomic E-state index is 13.0. The number of thiazole rings is 1. The van der Waals surface area contributed by atoms with Crippen LogP contribution < -0.4 is 4.90 Å². The van der Waals surface area contributed by atoms with Gasteiger partial charge in [-0.15, -0.1) is 11.3 Å². The van der Waals surface area contributed by atoms with Crippen LogP contribution >= 0.6 is 11.3 Å². The molecular formula is C20H24N4O2S. The Labute approximate surface area is 163 Å². The molecule has 2 aliphatic heterocycles. The molecule has 1 saturated heterocycles. The number of nitrogens with zero attached hydrogens (tertiary/aromatic N) is 4. The number of hydrogen-bond acceptors (Lipinski definition) is 5. The predicted molar refractivity (Wildman–Crippen MR) is 106 cm³/mol. The van der Waals surface area contributed by atoms with Gasteiger partial charge in [-0.2, -0.15) is 0 Å². The minimum Gasteiger partial charge on any atom is -0.345 e. The maximum Gasteiger partial charge on any atom is 0.225 e. The van der Waals surface area contributed by atoms with Crippen LogP contribution in [-0.2, 0) is 16.0 Å². The highest BCUT2D eigenvalue weighted by Crippen LogP contribution is 2.33. The molecule has 7 heteroatoms. The Balaban J connectivity index is 1.44. The van der Waals surface area contributed by atoms with Crippen molar-refractivity contribution in [3.63, 3.8) is 0 Å². The highest BCUT2D eigenvalue weighted by molar-refractivity contribution is 7.13. The SMILES string of the molecule is CC(=O)N1CCc2ccccc2C1CC(=O)N1CCN(c2nccs2)CC1. The van der Waals surface area contributed by atoms with Crippen molar-refractivity contribution in [1.29, 1.82) is 0 Å². The largest absolute Gasteiger partial charge is 0.345 e. The summed E-state index contributed by atoms with van der Waals surface area (Å²) in [6, 6.07) is 8.03. The Morgan fingerprint density at radius 3 is 2.63 bits per heavy atom. The molecule has 3 heterocycles. The predicted octanol–water partition coefficient (Wildman–Crippen LogP) is 2.33. The molecule has 0 bridgehead atoms. The summed E-state index contributed by atoms with van der Waals surface area (Å²) in [5.74, 6) is 0.164. The van der Waals surface area contributed by atoms with E-state index >= 15 is 0 Å². The van der Waals surface area contributed by atoms with E-state index in [9.17, 15) is 9.59 Å². The van der Waals surface area contributed by atoms with Gasteiger partial charge in [-0.05, 0) is 17.5 Å².